The number of anilines is 1. The lowest BCUT2D eigenvalue weighted by Gasteiger charge is -2.23. The standard InChI is InChI=1S/C17H23ClN2O/c1-4-15(19)10-13-9-14(18)6-8-17(13)20(3)11-16-7-5-12(2)21-16/h5-9,15H,4,10-11,19H2,1-3H3. The molecule has 0 bridgehead atoms. The molecule has 0 aliphatic heterocycles. The van der Waals surface area contributed by atoms with Crippen LogP contribution in [0, 0.1) is 6.92 Å². The van der Waals surface area contributed by atoms with Gasteiger partial charge in [0.25, 0.3) is 0 Å². The predicted molar refractivity (Wildman–Crippen MR) is 89.0 cm³/mol. The van der Waals surface area contributed by atoms with Crippen molar-refractivity contribution in [3.8, 4) is 0 Å². The zero-order valence-corrected chi connectivity index (χ0v) is 13.7. The van der Waals surface area contributed by atoms with E-state index in [2.05, 4.69) is 24.9 Å². The smallest absolute Gasteiger partial charge is 0.123 e. The zero-order chi connectivity index (χ0) is 15.4. The van der Waals surface area contributed by atoms with E-state index in [0.29, 0.717) is 0 Å². The van der Waals surface area contributed by atoms with Crippen molar-refractivity contribution in [2.45, 2.75) is 39.3 Å². The maximum atomic E-state index is 6.13. The number of nitrogens with two attached hydrogens (primary N) is 1. The second kappa shape index (κ2) is 7.01. The van der Waals surface area contributed by atoms with Gasteiger partial charge in [0.1, 0.15) is 11.5 Å². The van der Waals surface area contributed by atoms with Gasteiger partial charge in [-0.15, -0.1) is 0 Å². The topological polar surface area (TPSA) is 42.4 Å². The first-order chi connectivity index (χ1) is 9.99. The van der Waals surface area contributed by atoms with Gasteiger partial charge in [0, 0.05) is 23.8 Å². The van der Waals surface area contributed by atoms with Crippen molar-refractivity contribution < 1.29 is 4.42 Å². The van der Waals surface area contributed by atoms with Crippen LogP contribution in [-0.4, -0.2) is 13.1 Å². The summed E-state index contributed by atoms with van der Waals surface area (Å²) in [5.74, 6) is 1.89. The highest BCUT2D eigenvalue weighted by Crippen LogP contribution is 2.26. The van der Waals surface area contributed by atoms with E-state index in [0.717, 1.165) is 41.6 Å². The van der Waals surface area contributed by atoms with Gasteiger partial charge < -0.3 is 15.1 Å². The molecule has 0 radical (unpaired) electrons. The van der Waals surface area contributed by atoms with E-state index in [1.807, 2.05) is 31.2 Å². The quantitative estimate of drug-likeness (QED) is 0.871. The highest BCUT2D eigenvalue weighted by molar-refractivity contribution is 6.30. The molecule has 0 saturated carbocycles. The summed E-state index contributed by atoms with van der Waals surface area (Å²) in [4.78, 5) is 2.17. The molecule has 2 N–H and O–H groups in total. The van der Waals surface area contributed by atoms with E-state index in [1.54, 1.807) is 0 Å². The van der Waals surface area contributed by atoms with Crippen LogP contribution in [0.4, 0.5) is 5.69 Å². The van der Waals surface area contributed by atoms with Crippen molar-refractivity contribution in [2.75, 3.05) is 11.9 Å². The van der Waals surface area contributed by atoms with E-state index in [9.17, 15) is 0 Å². The zero-order valence-electron chi connectivity index (χ0n) is 12.9. The van der Waals surface area contributed by atoms with Crippen LogP contribution < -0.4 is 10.6 Å². The Bertz CT molecular complexity index is 594. The Morgan fingerprint density at radius 1 is 1.29 bits per heavy atom. The number of aryl methyl sites for hydroxylation is 1. The van der Waals surface area contributed by atoms with Gasteiger partial charge in [-0.2, -0.15) is 0 Å². The van der Waals surface area contributed by atoms with Crippen LogP contribution in [0.2, 0.25) is 5.02 Å². The Balaban J connectivity index is 2.20. The average Bonchev–Trinajstić information content (AvgIpc) is 2.84. The molecule has 114 valence electrons. The van der Waals surface area contributed by atoms with Crippen LogP contribution in [0.25, 0.3) is 0 Å². The predicted octanol–water partition coefficient (Wildman–Crippen LogP) is 4.16. The first-order valence-electron chi connectivity index (χ1n) is 7.30. The molecule has 0 aliphatic carbocycles. The Labute approximate surface area is 131 Å². The monoisotopic (exact) mass is 306 g/mol. The SMILES string of the molecule is CCC(N)Cc1cc(Cl)ccc1N(C)Cc1ccc(C)o1. The van der Waals surface area contributed by atoms with E-state index < -0.39 is 0 Å². The Morgan fingerprint density at radius 3 is 2.67 bits per heavy atom. The summed E-state index contributed by atoms with van der Waals surface area (Å²) in [7, 11) is 2.06. The number of benzene rings is 1. The molecule has 0 spiro atoms. The summed E-state index contributed by atoms with van der Waals surface area (Å²) in [6.45, 7) is 4.78. The first-order valence-corrected chi connectivity index (χ1v) is 7.68. The fourth-order valence-corrected chi connectivity index (χ4v) is 2.60. The molecule has 4 heteroatoms. The maximum Gasteiger partial charge on any atom is 0.123 e. The normalized spacial score (nSPS) is 12.4. The fraction of sp³-hybridized carbons (Fsp3) is 0.412. The van der Waals surface area contributed by atoms with Crippen molar-refractivity contribution in [1.29, 1.82) is 0 Å². The molecule has 1 aromatic heterocycles. The Kier molecular flexibility index (Phi) is 5.32. The van der Waals surface area contributed by atoms with Crippen LogP contribution in [-0.2, 0) is 13.0 Å². The van der Waals surface area contributed by atoms with Crippen molar-refractivity contribution in [1.82, 2.24) is 0 Å². The van der Waals surface area contributed by atoms with E-state index in [4.69, 9.17) is 21.8 Å². The summed E-state index contributed by atoms with van der Waals surface area (Å²) in [6.07, 6.45) is 1.78. The van der Waals surface area contributed by atoms with Gasteiger partial charge >= 0.3 is 0 Å². The molecule has 2 aromatic rings. The molecule has 0 fully saturated rings. The van der Waals surface area contributed by atoms with Gasteiger partial charge in [0.2, 0.25) is 0 Å². The summed E-state index contributed by atoms with van der Waals surface area (Å²) in [5.41, 5.74) is 8.43. The number of hydrogen-bond acceptors (Lipinski definition) is 3. The van der Waals surface area contributed by atoms with Crippen molar-refractivity contribution in [3.63, 3.8) is 0 Å². The molecule has 2 rings (SSSR count). The van der Waals surface area contributed by atoms with Crippen molar-refractivity contribution in [3.05, 3.63) is 52.4 Å². The van der Waals surface area contributed by atoms with Gasteiger partial charge in [-0.05, 0) is 55.7 Å². The number of nitrogens with zero attached hydrogens (tertiary/aromatic N) is 1. The molecule has 0 aliphatic rings. The Morgan fingerprint density at radius 2 is 2.05 bits per heavy atom. The molecular formula is C17H23ClN2O. The Hall–Kier alpha value is -1.45. The van der Waals surface area contributed by atoms with E-state index in [-0.39, 0.29) is 6.04 Å². The van der Waals surface area contributed by atoms with Gasteiger partial charge in [0.15, 0.2) is 0 Å². The molecular weight excluding hydrogens is 284 g/mol. The minimum absolute atomic E-state index is 0.154. The molecule has 1 unspecified atom stereocenters. The number of rotatable bonds is 6. The molecule has 0 amide bonds. The van der Waals surface area contributed by atoms with Crippen LogP contribution in [0.5, 0.6) is 0 Å². The number of halogens is 1. The summed E-state index contributed by atoms with van der Waals surface area (Å²) >= 11 is 6.13. The first kappa shape index (κ1) is 15.9. The van der Waals surface area contributed by atoms with Gasteiger partial charge in [-0.1, -0.05) is 18.5 Å². The lowest BCUT2D eigenvalue weighted by Crippen LogP contribution is -2.24. The summed E-state index contributed by atoms with van der Waals surface area (Å²) in [5, 5.41) is 0.749. The molecule has 3 nitrogen and oxygen atoms in total. The van der Waals surface area contributed by atoms with Gasteiger partial charge in [0.05, 0.1) is 6.54 Å². The summed E-state index contributed by atoms with van der Waals surface area (Å²) in [6, 6.07) is 10.1. The third-order valence-electron chi connectivity index (χ3n) is 3.65. The second-order valence-electron chi connectivity index (χ2n) is 5.51. The fourth-order valence-electron chi connectivity index (χ4n) is 2.41. The second-order valence-corrected chi connectivity index (χ2v) is 5.95. The molecule has 1 atom stereocenters. The molecule has 1 heterocycles. The van der Waals surface area contributed by atoms with E-state index >= 15 is 0 Å². The van der Waals surface area contributed by atoms with Crippen LogP contribution in [0.15, 0.2) is 34.7 Å². The lowest BCUT2D eigenvalue weighted by molar-refractivity contribution is 0.481. The van der Waals surface area contributed by atoms with Crippen molar-refractivity contribution >= 4 is 17.3 Å². The van der Waals surface area contributed by atoms with E-state index in [1.165, 1.54) is 5.56 Å². The third-order valence-corrected chi connectivity index (χ3v) is 3.88. The molecule has 1 aromatic carbocycles. The largest absolute Gasteiger partial charge is 0.464 e. The van der Waals surface area contributed by atoms with Crippen LogP contribution >= 0.6 is 11.6 Å². The lowest BCUT2D eigenvalue weighted by atomic mass is 10.0. The van der Waals surface area contributed by atoms with Crippen molar-refractivity contribution in [2.24, 2.45) is 5.73 Å². The highest BCUT2D eigenvalue weighted by Gasteiger charge is 2.12. The minimum Gasteiger partial charge on any atom is -0.464 e. The molecule has 21 heavy (non-hydrogen) atoms. The summed E-state index contributed by atoms with van der Waals surface area (Å²) < 4.78 is 5.65. The number of hydrogen-bond donors (Lipinski definition) is 1. The van der Waals surface area contributed by atoms with Crippen LogP contribution in [0.3, 0.4) is 0 Å². The third kappa shape index (κ3) is 4.26. The molecule has 0 saturated heterocycles. The van der Waals surface area contributed by atoms with Gasteiger partial charge in [-0.3, -0.25) is 0 Å². The number of furan rings is 1. The van der Waals surface area contributed by atoms with Crippen LogP contribution in [0.1, 0.15) is 30.4 Å². The maximum absolute atomic E-state index is 6.13. The minimum atomic E-state index is 0.154. The highest BCUT2D eigenvalue weighted by atomic mass is 35.5. The van der Waals surface area contributed by atoms with Gasteiger partial charge in [-0.25, -0.2) is 0 Å². The average molecular weight is 307 g/mol.